The third-order valence-electron chi connectivity index (χ3n) is 11.1. The second kappa shape index (κ2) is 9.62. The van der Waals surface area contributed by atoms with Crippen LogP contribution in [0, 0.1) is 17.9 Å². The van der Waals surface area contributed by atoms with Gasteiger partial charge in [0.2, 0.25) is 11.4 Å². The van der Waals surface area contributed by atoms with Crippen LogP contribution in [0.4, 0.5) is 17.1 Å². The lowest BCUT2D eigenvalue weighted by Crippen LogP contribution is -2.58. The molecular weight excluding hydrogens is 596 g/mol. The van der Waals surface area contributed by atoms with Crippen molar-refractivity contribution in [2.45, 2.75) is 50.0 Å². The van der Waals surface area contributed by atoms with E-state index in [9.17, 15) is 10.1 Å². The molecule has 4 heterocycles. The molecule has 2 atom stereocenters. The molecular formula is C41H34N4O3. The molecule has 48 heavy (non-hydrogen) atoms. The van der Waals surface area contributed by atoms with Crippen LogP contribution in [0.2, 0.25) is 0 Å². The van der Waals surface area contributed by atoms with Gasteiger partial charge in [-0.05, 0) is 124 Å². The lowest BCUT2D eigenvalue weighted by molar-refractivity contribution is 0.0581. The summed E-state index contributed by atoms with van der Waals surface area (Å²) in [4.78, 5) is 21.8. The Kier molecular flexibility index (Phi) is 5.93. The number of rotatable bonds is 2. The SMILES string of the molecule is [C-]#[N+]c1ccc2c(c1)C(C)(C)C1(C=Cc3cc(C(=O)c4ccc5c(c4)C=CC4(O5)N(C)c5ccc(C#N)cc5C4(C)C)ccc3O1)N2C. The highest BCUT2D eigenvalue weighted by Crippen LogP contribution is 2.56. The smallest absolute Gasteiger partial charge is 0.211 e. The zero-order valence-corrected chi connectivity index (χ0v) is 27.8. The van der Waals surface area contributed by atoms with Crippen molar-refractivity contribution < 1.29 is 14.3 Å². The van der Waals surface area contributed by atoms with Gasteiger partial charge >= 0.3 is 0 Å². The third-order valence-corrected chi connectivity index (χ3v) is 11.1. The Balaban J connectivity index is 1.07. The van der Waals surface area contributed by atoms with E-state index in [1.54, 1.807) is 0 Å². The minimum Gasteiger partial charge on any atom is -0.463 e. The van der Waals surface area contributed by atoms with Crippen LogP contribution in [0.5, 0.6) is 11.5 Å². The van der Waals surface area contributed by atoms with Gasteiger partial charge in [0.05, 0.1) is 29.0 Å². The molecule has 0 aliphatic carbocycles. The molecule has 0 saturated heterocycles. The first-order chi connectivity index (χ1) is 22.9. The highest BCUT2D eigenvalue weighted by atomic mass is 16.5. The van der Waals surface area contributed by atoms with Gasteiger partial charge in [0.1, 0.15) is 11.5 Å². The molecule has 4 aliphatic heterocycles. The number of nitriles is 1. The van der Waals surface area contributed by atoms with Gasteiger partial charge in [-0.15, -0.1) is 0 Å². The van der Waals surface area contributed by atoms with E-state index in [1.165, 1.54) is 0 Å². The minimum absolute atomic E-state index is 0.0879. The minimum atomic E-state index is -0.785. The molecule has 0 radical (unpaired) electrons. The molecule has 0 amide bonds. The maximum atomic E-state index is 13.8. The molecule has 8 rings (SSSR count). The maximum Gasteiger partial charge on any atom is 0.211 e. The van der Waals surface area contributed by atoms with Crippen LogP contribution >= 0.6 is 0 Å². The van der Waals surface area contributed by atoms with Gasteiger partial charge in [-0.25, -0.2) is 4.85 Å². The van der Waals surface area contributed by atoms with E-state index in [4.69, 9.17) is 16.0 Å². The molecule has 4 aromatic rings. The molecule has 2 spiro atoms. The maximum absolute atomic E-state index is 13.8. The fourth-order valence-electron chi connectivity index (χ4n) is 8.20. The number of anilines is 2. The van der Waals surface area contributed by atoms with Crippen LogP contribution in [-0.4, -0.2) is 31.3 Å². The third kappa shape index (κ3) is 3.65. The number of fused-ring (bicyclic) bond motifs is 4. The van der Waals surface area contributed by atoms with Crippen LogP contribution in [-0.2, 0) is 10.8 Å². The van der Waals surface area contributed by atoms with Crippen molar-refractivity contribution in [3.05, 3.63) is 135 Å². The van der Waals surface area contributed by atoms with E-state index in [0.29, 0.717) is 33.9 Å². The Bertz CT molecular complexity index is 2090. The largest absolute Gasteiger partial charge is 0.463 e. The lowest BCUT2D eigenvalue weighted by atomic mass is 9.76. The predicted molar refractivity (Wildman–Crippen MR) is 188 cm³/mol. The molecule has 236 valence electrons. The van der Waals surface area contributed by atoms with E-state index in [2.05, 4.69) is 60.6 Å². The molecule has 0 aromatic heterocycles. The summed E-state index contributed by atoms with van der Waals surface area (Å²) >= 11 is 0. The molecule has 0 saturated carbocycles. The molecule has 7 nitrogen and oxygen atoms in total. The van der Waals surface area contributed by atoms with Crippen molar-refractivity contribution in [3.8, 4) is 17.6 Å². The summed E-state index contributed by atoms with van der Waals surface area (Å²) in [5.74, 6) is 1.31. The van der Waals surface area contributed by atoms with Gasteiger partial charge in [-0.1, -0.05) is 12.1 Å². The van der Waals surface area contributed by atoms with Crippen molar-refractivity contribution in [2.24, 2.45) is 0 Å². The Labute approximate surface area is 280 Å². The number of hydrogen-bond acceptors (Lipinski definition) is 6. The molecule has 7 heteroatoms. The first-order valence-electron chi connectivity index (χ1n) is 16.0. The number of ether oxygens (including phenoxy) is 2. The molecule has 4 aromatic carbocycles. The van der Waals surface area contributed by atoms with E-state index in [-0.39, 0.29) is 5.78 Å². The molecule has 0 bridgehead atoms. The number of nitrogens with zero attached hydrogens (tertiary/aromatic N) is 4. The number of ketones is 1. The zero-order valence-electron chi connectivity index (χ0n) is 27.8. The van der Waals surface area contributed by atoms with E-state index >= 15 is 0 Å². The zero-order chi connectivity index (χ0) is 33.8. The van der Waals surface area contributed by atoms with Gasteiger partial charge in [-0.3, -0.25) is 4.79 Å². The predicted octanol–water partition coefficient (Wildman–Crippen LogP) is 8.40. The number of benzene rings is 4. The van der Waals surface area contributed by atoms with Crippen LogP contribution in [0.25, 0.3) is 17.0 Å². The van der Waals surface area contributed by atoms with E-state index < -0.39 is 22.3 Å². The van der Waals surface area contributed by atoms with E-state index in [1.807, 2.05) is 99.0 Å². The van der Waals surface area contributed by atoms with Gasteiger partial charge < -0.3 is 19.3 Å². The Hall–Kier alpha value is -5.79. The lowest BCUT2D eigenvalue weighted by Gasteiger charge is -2.46. The molecule has 0 fully saturated rings. The molecule has 0 N–H and O–H groups in total. The Morgan fingerprint density at radius 3 is 1.73 bits per heavy atom. The number of carbonyl (C=O) groups is 1. The van der Waals surface area contributed by atoms with Gasteiger partial charge in [-0.2, -0.15) is 5.26 Å². The molecule has 2 unspecified atom stereocenters. The summed E-state index contributed by atoms with van der Waals surface area (Å²) < 4.78 is 13.6. The number of carbonyl (C=O) groups excluding carboxylic acids is 1. The summed E-state index contributed by atoms with van der Waals surface area (Å²) in [7, 11) is 4.03. The monoisotopic (exact) mass is 630 g/mol. The van der Waals surface area contributed by atoms with Gasteiger partial charge in [0.25, 0.3) is 0 Å². The van der Waals surface area contributed by atoms with Crippen LogP contribution in [0.1, 0.15) is 71.4 Å². The average molecular weight is 631 g/mol. The Morgan fingerprint density at radius 2 is 1.23 bits per heavy atom. The van der Waals surface area contributed by atoms with Crippen molar-refractivity contribution >= 4 is 35.0 Å². The first kappa shape index (κ1) is 29.6. The van der Waals surface area contributed by atoms with Crippen molar-refractivity contribution in [3.63, 3.8) is 0 Å². The molecule has 4 aliphatic rings. The first-order valence-corrected chi connectivity index (χ1v) is 16.0. The highest BCUT2D eigenvalue weighted by Gasteiger charge is 2.59. The number of hydrogen-bond donors (Lipinski definition) is 0. The summed E-state index contributed by atoms with van der Waals surface area (Å²) in [6.07, 6.45) is 8.20. The summed E-state index contributed by atoms with van der Waals surface area (Å²) in [5.41, 5.74) is 5.76. The van der Waals surface area contributed by atoms with Crippen molar-refractivity contribution in [1.29, 1.82) is 5.26 Å². The fraction of sp³-hybridized carbons (Fsp3) is 0.244. The van der Waals surface area contributed by atoms with Crippen molar-refractivity contribution in [1.82, 2.24) is 0 Å². The second-order valence-electron chi connectivity index (χ2n) is 14.1. The van der Waals surface area contributed by atoms with Gasteiger partial charge in [0, 0.05) is 47.7 Å². The average Bonchev–Trinajstić information content (AvgIpc) is 3.36. The highest BCUT2D eigenvalue weighted by molar-refractivity contribution is 6.10. The quantitative estimate of drug-likeness (QED) is 0.164. The topological polar surface area (TPSA) is 70.2 Å². The number of likely N-dealkylation sites (N-methyl/N-ethyl adjacent to an activating group) is 2. The summed E-state index contributed by atoms with van der Waals surface area (Å²) in [5, 5.41) is 9.51. The van der Waals surface area contributed by atoms with Crippen LogP contribution in [0.3, 0.4) is 0 Å². The fourth-order valence-corrected chi connectivity index (χ4v) is 8.20. The normalized spacial score (nSPS) is 23.0. The van der Waals surface area contributed by atoms with Crippen molar-refractivity contribution in [2.75, 3.05) is 23.9 Å². The van der Waals surface area contributed by atoms with Gasteiger partial charge in [0.15, 0.2) is 11.5 Å². The Morgan fingerprint density at radius 1 is 0.729 bits per heavy atom. The van der Waals surface area contributed by atoms with Crippen LogP contribution in [0.15, 0.2) is 84.9 Å². The van der Waals surface area contributed by atoms with E-state index in [0.717, 1.165) is 33.6 Å². The standard InChI is InChI=1S/C41H34N4O3/c1-38(2)31-20-25(24-42)8-12-33(31)44(6)40(38)18-16-26-21-28(9-14-35(26)47-40)37(46)29-10-15-36-27(22-29)17-19-41(48-36)39(3,4)32-23-30(43-5)11-13-34(32)45(41)7/h8-23H,1-4,6-7H3. The summed E-state index contributed by atoms with van der Waals surface area (Å²) in [6, 6.07) is 25.0. The second-order valence-corrected chi connectivity index (χ2v) is 14.1. The van der Waals surface area contributed by atoms with Crippen LogP contribution < -0.4 is 19.3 Å². The summed E-state index contributed by atoms with van der Waals surface area (Å²) in [6.45, 7) is 16.0.